The van der Waals surface area contributed by atoms with E-state index in [0.717, 1.165) is 68.3 Å². The minimum atomic E-state index is -0.627. The lowest BCUT2D eigenvalue weighted by Crippen LogP contribution is -2.36. The van der Waals surface area contributed by atoms with Crippen molar-refractivity contribution in [2.24, 2.45) is 17.6 Å². The third kappa shape index (κ3) is 6.02. The largest absolute Gasteiger partial charge is 0.364 e. The molecule has 2 fully saturated rings. The molecule has 0 unspecified atom stereocenters. The monoisotopic (exact) mass is 528 g/mol. The summed E-state index contributed by atoms with van der Waals surface area (Å²) in [4.78, 5) is 44.6. The number of carbonyl (C=O) groups excluding carboxylic acids is 3. The minimum Gasteiger partial charge on any atom is -0.364 e. The van der Waals surface area contributed by atoms with Gasteiger partial charge in [-0.1, -0.05) is 31.9 Å². The van der Waals surface area contributed by atoms with Gasteiger partial charge in [-0.05, 0) is 78.5 Å². The first kappa shape index (κ1) is 26.6. The predicted octanol–water partition coefficient (Wildman–Crippen LogP) is 4.22. The van der Waals surface area contributed by atoms with E-state index in [0.29, 0.717) is 18.0 Å². The van der Waals surface area contributed by atoms with E-state index >= 15 is 0 Å². The van der Waals surface area contributed by atoms with Gasteiger partial charge in [0.05, 0.1) is 6.42 Å². The van der Waals surface area contributed by atoms with Crippen LogP contribution in [0.25, 0.3) is 11.1 Å². The highest BCUT2D eigenvalue weighted by molar-refractivity contribution is 5.96. The normalized spacial score (nSPS) is 20.0. The fourth-order valence-electron chi connectivity index (χ4n) is 5.90. The summed E-state index contributed by atoms with van der Waals surface area (Å²) in [5.41, 5.74) is 9.25. The molecule has 3 heterocycles. The number of likely N-dealkylation sites (tertiary alicyclic amines) is 1. The van der Waals surface area contributed by atoms with Gasteiger partial charge in [0.2, 0.25) is 11.8 Å². The van der Waals surface area contributed by atoms with Crippen LogP contribution < -0.4 is 11.1 Å². The van der Waals surface area contributed by atoms with E-state index in [1.807, 2.05) is 35.2 Å². The molecule has 39 heavy (non-hydrogen) atoms. The van der Waals surface area contributed by atoms with Crippen molar-refractivity contribution in [3.63, 3.8) is 0 Å². The second-order valence-corrected chi connectivity index (χ2v) is 10.9. The number of nitrogens with one attached hydrogen (secondary N) is 1. The van der Waals surface area contributed by atoms with E-state index in [1.165, 1.54) is 10.9 Å². The Morgan fingerprint density at radius 2 is 1.72 bits per heavy atom. The summed E-state index contributed by atoms with van der Waals surface area (Å²) in [6.07, 6.45) is 11.3. The first-order valence-electron chi connectivity index (χ1n) is 13.9. The van der Waals surface area contributed by atoms with Gasteiger partial charge in [0.1, 0.15) is 11.7 Å². The Kier molecular flexibility index (Phi) is 8.05. The number of nitrogens with two attached hydrogens (primary N) is 1. The van der Waals surface area contributed by atoms with Gasteiger partial charge in [-0.25, -0.2) is 4.68 Å². The molecular formula is C30H36N6O3. The number of amides is 3. The molecule has 1 saturated carbocycles. The Labute approximate surface area is 228 Å². The maximum absolute atomic E-state index is 13.6. The fraction of sp³-hybridized carbons (Fsp3) is 0.433. The summed E-state index contributed by atoms with van der Waals surface area (Å²) >= 11 is 0. The molecule has 3 amide bonds. The number of rotatable bonds is 8. The number of hydrogen-bond acceptors (Lipinski definition) is 5. The van der Waals surface area contributed by atoms with Gasteiger partial charge in [-0.2, -0.15) is 5.10 Å². The summed E-state index contributed by atoms with van der Waals surface area (Å²) in [7, 11) is 0. The Morgan fingerprint density at radius 1 is 1.00 bits per heavy atom. The van der Waals surface area contributed by atoms with Gasteiger partial charge in [0.25, 0.3) is 5.91 Å². The van der Waals surface area contributed by atoms with Crippen LogP contribution in [-0.4, -0.2) is 50.5 Å². The van der Waals surface area contributed by atoms with Gasteiger partial charge in [0.15, 0.2) is 0 Å². The van der Waals surface area contributed by atoms with Crippen molar-refractivity contribution in [3.05, 3.63) is 66.2 Å². The standard InChI is InChI=1S/C30H36N6O3/c1-20-4-6-22(7-5-20)28(36-26(29(31)38)13-15-33-36)30(39)34-24-10-8-21(9-11-24)25-12-14-32-19-23(25)18-27(37)35-16-2-3-17-35/h8-15,19-20,22,28H,2-7,16-18H2,1H3,(H2,31,38)(H,34,39)/t20?,22?,28-/m0/s1. The lowest BCUT2D eigenvalue weighted by atomic mass is 9.79. The summed E-state index contributed by atoms with van der Waals surface area (Å²) in [5, 5.41) is 7.37. The van der Waals surface area contributed by atoms with Crippen molar-refractivity contribution < 1.29 is 14.4 Å². The Bertz CT molecular complexity index is 1320. The lowest BCUT2D eigenvalue weighted by Gasteiger charge is -2.32. The smallest absolute Gasteiger partial charge is 0.267 e. The van der Waals surface area contributed by atoms with E-state index < -0.39 is 11.9 Å². The van der Waals surface area contributed by atoms with Gasteiger partial charge >= 0.3 is 0 Å². The van der Waals surface area contributed by atoms with Crippen molar-refractivity contribution in [2.75, 3.05) is 18.4 Å². The zero-order chi connectivity index (χ0) is 27.4. The first-order valence-corrected chi connectivity index (χ1v) is 13.9. The highest BCUT2D eigenvalue weighted by Crippen LogP contribution is 2.37. The summed E-state index contributed by atoms with van der Waals surface area (Å²) in [6.45, 7) is 3.87. The molecule has 1 aromatic carbocycles. The van der Waals surface area contributed by atoms with Crippen molar-refractivity contribution in [1.29, 1.82) is 0 Å². The number of benzene rings is 1. The van der Waals surface area contributed by atoms with Gasteiger partial charge in [-0.15, -0.1) is 0 Å². The number of anilines is 1. The fourth-order valence-corrected chi connectivity index (χ4v) is 5.90. The maximum Gasteiger partial charge on any atom is 0.267 e. The Hall–Kier alpha value is -4.01. The SMILES string of the molecule is CC1CCC([C@@H](C(=O)Nc2ccc(-c3ccncc3CC(=O)N3CCCC3)cc2)n2nccc2C(N)=O)CC1. The molecule has 1 aliphatic heterocycles. The highest BCUT2D eigenvalue weighted by Gasteiger charge is 2.35. The minimum absolute atomic E-state index is 0.0611. The highest BCUT2D eigenvalue weighted by atomic mass is 16.2. The molecule has 1 atom stereocenters. The van der Waals surface area contributed by atoms with Crippen molar-refractivity contribution >= 4 is 23.4 Å². The Morgan fingerprint density at radius 3 is 2.41 bits per heavy atom. The van der Waals surface area contributed by atoms with Crippen LogP contribution in [0.1, 0.15) is 67.5 Å². The molecule has 3 N–H and O–H groups in total. The zero-order valence-electron chi connectivity index (χ0n) is 22.4. The predicted molar refractivity (Wildman–Crippen MR) is 149 cm³/mol. The lowest BCUT2D eigenvalue weighted by molar-refractivity contribution is -0.129. The first-order chi connectivity index (χ1) is 18.9. The van der Waals surface area contributed by atoms with Crippen LogP contribution in [-0.2, 0) is 16.0 Å². The van der Waals surface area contributed by atoms with Crippen LogP contribution in [0, 0.1) is 11.8 Å². The average molecular weight is 529 g/mol. The van der Waals surface area contributed by atoms with E-state index in [1.54, 1.807) is 18.5 Å². The van der Waals surface area contributed by atoms with E-state index in [4.69, 9.17) is 5.73 Å². The third-order valence-electron chi connectivity index (χ3n) is 8.13. The van der Waals surface area contributed by atoms with Crippen LogP contribution in [0.2, 0.25) is 0 Å². The van der Waals surface area contributed by atoms with Crippen LogP contribution in [0.3, 0.4) is 0 Å². The summed E-state index contributed by atoms with van der Waals surface area (Å²) in [5.74, 6) is -0.00676. The molecule has 3 aromatic rings. The molecule has 0 spiro atoms. The number of aromatic nitrogens is 3. The molecule has 204 valence electrons. The quantitative estimate of drug-likeness (QED) is 0.453. The molecule has 2 aromatic heterocycles. The maximum atomic E-state index is 13.6. The van der Waals surface area contributed by atoms with Crippen LogP contribution in [0.4, 0.5) is 5.69 Å². The van der Waals surface area contributed by atoms with Crippen LogP contribution >= 0.6 is 0 Å². The number of hydrogen-bond donors (Lipinski definition) is 2. The second-order valence-electron chi connectivity index (χ2n) is 10.9. The second kappa shape index (κ2) is 11.8. The van der Waals surface area contributed by atoms with E-state index in [9.17, 15) is 14.4 Å². The zero-order valence-corrected chi connectivity index (χ0v) is 22.4. The van der Waals surface area contributed by atoms with Gasteiger partial charge < -0.3 is 16.0 Å². The molecule has 1 saturated heterocycles. The number of carbonyl (C=O) groups is 3. The summed E-state index contributed by atoms with van der Waals surface area (Å²) in [6, 6.07) is 10.4. The van der Waals surface area contributed by atoms with Crippen LogP contribution in [0.5, 0.6) is 0 Å². The number of primary amides is 1. The molecule has 9 heteroatoms. The van der Waals surface area contributed by atoms with Crippen molar-refractivity contribution in [1.82, 2.24) is 19.7 Å². The molecule has 2 aliphatic rings. The molecule has 9 nitrogen and oxygen atoms in total. The molecule has 5 rings (SSSR count). The van der Waals surface area contributed by atoms with Crippen molar-refractivity contribution in [2.45, 2.75) is 57.9 Å². The molecule has 0 radical (unpaired) electrons. The molecular weight excluding hydrogens is 492 g/mol. The average Bonchev–Trinajstić information content (AvgIpc) is 3.64. The van der Waals surface area contributed by atoms with Crippen molar-refractivity contribution in [3.8, 4) is 11.1 Å². The van der Waals surface area contributed by atoms with E-state index in [2.05, 4.69) is 22.3 Å². The molecule has 0 bridgehead atoms. The number of pyridine rings is 1. The topological polar surface area (TPSA) is 123 Å². The molecule has 1 aliphatic carbocycles. The number of nitrogens with zero attached hydrogens (tertiary/aromatic N) is 4. The third-order valence-corrected chi connectivity index (χ3v) is 8.13. The summed E-state index contributed by atoms with van der Waals surface area (Å²) < 4.78 is 1.49. The van der Waals surface area contributed by atoms with E-state index in [-0.39, 0.29) is 23.4 Å². The Balaban J connectivity index is 1.34. The van der Waals surface area contributed by atoms with Crippen LogP contribution in [0.15, 0.2) is 55.0 Å². The van der Waals surface area contributed by atoms with Gasteiger partial charge in [0, 0.05) is 37.4 Å². The van der Waals surface area contributed by atoms with Gasteiger partial charge in [-0.3, -0.25) is 19.4 Å².